The zero-order valence-electron chi connectivity index (χ0n) is 57.6. The van der Waals surface area contributed by atoms with Gasteiger partial charge in [-0.1, -0.05) is 231 Å². The Hall–Kier alpha value is -2.12. The molecule has 0 spiro atoms. The fraction of sp³-hybridized carbons (Fsp3) is 0.943. The average Bonchev–Trinajstić information content (AvgIpc) is 0.821. The van der Waals surface area contributed by atoms with E-state index in [0.29, 0.717) is 12.8 Å². The van der Waals surface area contributed by atoms with Crippen molar-refractivity contribution in [1.82, 2.24) is 10.6 Å². The SMILES string of the molecule is CCCCCCCCCCCCC/C=C/[C@@H](O)[C@H](CO[C@@H]1O[C@H](CO)[C@@H](O[C@@H]2O[C@H](CO)[C@H](O)[C@H](O[C@H]3O[C@H](CO)[C@H](O)[C@H](O)[C@H]3NC(C)=O)[C@H]2O[C@@H]2O[C@@H](C)[C@@H](O)[C@@H](O)[C@@H]2O)[C@H](O)[C@H]1O)NC(=O)CCCCCCCCCCCCCCCCCCCCCCCCC. The van der Waals surface area contributed by atoms with Crippen molar-refractivity contribution in [1.29, 1.82) is 0 Å². The maximum Gasteiger partial charge on any atom is 0.220 e. The van der Waals surface area contributed by atoms with Crippen LogP contribution >= 0.6 is 0 Å². The van der Waals surface area contributed by atoms with Gasteiger partial charge in [0.25, 0.3) is 0 Å². The molecule has 0 aliphatic carbocycles. The number of ether oxygens (including phenoxy) is 8. The van der Waals surface area contributed by atoms with Crippen molar-refractivity contribution in [2.24, 2.45) is 0 Å². The minimum atomic E-state index is -2.00. The summed E-state index contributed by atoms with van der Waals surface area (Å²) in [5, 5.41) is 138. The van der Waals surface area contributed by atoms with Gasteiger partial charge in [0.05, 0.1) is 44.7 Å². The molecular formula is C70H130N2O22. The standard InChI is InChI=1S/C70H130N2O22/c1-5-7-9-11-13-15-17-19-20-21-22-23-24-25-26-27-28-30-32-34-36-38-40-42-54(78)72-49(50(77)41-39-37-35-33-31-29-18-16-14-12-10-8-6-2)46-87-68-63(86)61(84)64(53(45-75)91-68)92-70-66(94-69-62(85)60(83)56(79)47(3)88-69)65(58(81)52(44-74)90-70)93-67-55(71-48(4)76)59(82)57(80)51(43-73)89-67/h39,41,47,49-53,55-70,73-75,77,79-86H,5-38,40,42-46H2,1-4H3,(H,71,76)(H,72,78)/b41-39+/t47-,49-,50+,51+,52+,53+,55+,56+,57-,58-,59+,60+,61+,62-,63+,64+,65-,66+,67+,68+,69-,70-/m0/s1. The van der Waals surface area contributed by atoms with Gasteiger partial charge in [0, 0.05) is 13.3 Å². The van der Waals surface area contributed by atoms with Gasteiger partial charge in [-0.15, -0.1) is 0 Å². The van der Waals surface area contributed by atoms with E-state index in [4.69, 9.17) is 37.9 Å². The van der Waals surface area contributed by atoms with E-state index in [2.05, 4.69) is 24.5 Å². The molecule has 22 atom stereocenters. The van der Waals surface area contributed by atoms with E-state index >= 15 is 0 Å². The summed E-state index contributed by atoms with van der Waals surface area (Å²) < 4.78 is 48.2. The van der Waals surface area contributed by atoms with Gasteiger partial charge >= 0.3 is 0 Å². The van der Waals surface area contributed by atoms with Crippen LogP contribution in [-0.4, -0.2) is 234 Å². The minimum absolute atomic E-state index is 0.205. The molecule has 4 aliphatic heterocycles. The molecule has 4 aliphatic rings. The molecule has 0 unspecified atom stereocenters. The van der Waals surface area contributed by atoms with Crippen LogP contribution in [0.5, 0.6) is 0 Å². The molecule has 4 heterocycles. The predicted octanol–water partition coefficient (Wildman–Crippen LogP) is 5.93. The highest BCUT2D eigenvalue weighted by atomic mass is 16.8. The first-order valence-electron chi connectivity index (χ1n) is 36.8. The Balaban J connectivity index is 1.36. The summed E-state index contributed by atoms with van der Waals surface area (Å²) in [7, 11) is 0. The molecule has 0 radical (unpaired) electrons. The van der Waals surface area contributed by atoms with Gasteiger partial charge < -0.3 is 110 Å². The van der Waals surface area contributed by atoms with Gasteiger partial charge in [-0.3, -0.25) is 9.59 Å². The van der Waals surface area contributed by atoms with Crippen molar-refractivity contribution in [3.8, 4) is 0 Å². The number of aliphatic hydroxyl groups excluding tert-OH is 12. The molecule has 0 aromatic carbocycles. The second-order valence-electron chi connectivity index (χ2n) is 27.1. The van der Waals surface area contributed by atoms with E-state index in [1.54, 1.807) is 6.08 Å². The smallest absolute Gasteiger partial charge is 0.220 e. The van der Waals surface area contributed by atoms with Crippen molar-refractivity contribution in [3.63, 3.8) is 0 Å². The van der Waals surface area contributed by atoms with Crippen molar-refractivity contribution in [3.05, 3.63) is 12.2 Å². The second-order valence-corrected chi connectivity index (χ2v) is 27.1. The summed E-state index contributed by atoms with van der Waals surface area (Å²) in [6.45, 7) is 3.84. The number of hydrogen-bond acceptors (Lipinski definition) is 22. The van der Waals surface area contributed by atoms with Crippen LogP contribution in [0.25, 0.3) is 0 Å². The lowest BCUT2D eigenvalue weighted by Gasteiger charge is -2.51. The van der Waals surface area contributed by atoms with E-state index in [9.17, 15) is 70.9 Å². The van der Waals surface area contributed by atoms with Crippen LogP contribution in [0.4, 0.5) is 0 Å². The molecule has 4 saturated heterocycles. The van der Waals surface area contributed by atoms with Crippen molar-refractivity contribution >= 4 is 11.8 Å². The van der Waals surface area contributed by atoms with E-state index in [-0.39, 0.29) is 12.3 Å². The Bertz CT molecular complexity index is 1950. The molecule has 0 aromatic heterocycles. The predicted molar refractivity (Wildman–Crippen MR) is 352 cm³/mol. The van der Waals surface area contributed by atoms with Crippen molar-refractivity contribution in [2.45, 2.75) is 394 Å². The van der Waals surface area contributed by atoms with E-state index < -0.39 is 167 Å². The molecule has 24 nitrogen and oxygen atoms in total. The third kappa shape index (κ3) is 30.4. The van der Waals surface area contributed by atoms with Crippen LogP contribution in [0.2, 0.25) is 0 Å². The van der Waals surface area contributed by atoms with Gasteiger partial charge in [0.15, 0.2) is 25.2 Å². The summed E-state index contributed by atoms with van der Waals surface area (Å²) in [5.41, 5.74) is 0. The van der Waals surface area contributed by atoms with Crippen molar-refractivity contribution < 1.29 is 109 Å². The van der Waals surface area contributed by atoms with Crippen LogP contribution in [-0.2, 0) is 47.5 Å². The lowest BCUT2D eigenvalue weighted by atomic mass is 9.94. The van der Waals surface area contributed by atoms with Gasteiger partial charge in [0.2, 0.25) is 11.8 Å². The Morgan fingerprint density at radius 2 is 0.851 bits per heavy atom. The Kier molecular flexibility index (Phi) is 44.3. The van der Waals surface area contributed by atoms with Gasteiger partial charge in [0.1, 0.15) is 91.5 Å². The summed E-state index contributed by atoms with van der Waals surface area (Å²) in [6, 6.07) is -2.62. The highest BCUT2D eigenvalue weighted by Gasteiger charge is 2.57. The molecular weight excluding hydrogens is 1220 g/mol. The minimum Gasteiger partial charge on any atom is -0.394 e. The van der Waals surface area contributed by atoms with E-state index in [1.165, 1.54) is 174 Å². The molecule has 0 bridgehead atoms. The number of allylic oxidation sites excluding steroid dienone is 1. The van der Waals surface area contributed by atoms with Crippen LogP contribution in [0.3, 0.4) is 0 Å². The van der Waals surface area contributed by atoms with Gasteiger partial charge in [-0.25, -0.2) is 0 Å². The molecule has 2 amide bonds. The van der Waals surface area contributed by atoms with Gasteiger partial charge in [-0.05, 0) is 26.2 Å². The van der Waals surface area contributed by atoms with Crippen LogP contribution in [0.1, 0.15) is 259 Å². The third-order valence-corrected chi connectivity index (χ3v) is 19.1. The zero-order chi connectivity index (χ0) is 68.6. The Morgan fingerprint density at radius 1 is 0.436 bits per heavy atom. The lowest BCUT2D eigenvalue weighted by molar-refractivity contribution is -0.401. The van der Waals surface area contributed by atoms with E-state index in [0.717, 1.165) is 51.9 Å². The number of hydrogen-bond donors (Lipinski definition) is 14. The molecule has 24 heteroatoms. The summed E-state index contributed by atoms with van der Waals surface area (Å²) in [5.74, 6) is -1.03. The number of aliphatic hydroxyl groups is 12. The summed E-state index contributed by atoms with van der Waals surface area (Å²) in [4.78, 5) is 25.9. The lowest BCUT2D eigenvalue weighted by Crippen LogP contribution is -2.69. The maximum absolute atomic E-state index is 13.6. The highest BCUT2D eigenvalue weighted by molar-refractivity contribution is 5.76. The van der Waals surface area contributed by atoms with Crippen LogP contribution in [0, 0.1) is 0 Å². The fourth-order valence-corrected chi connectivity index (χ4v) is 13.1. The molecule has 14 N–H and O–H groups in total. The first-order valence-corrected chi connectivity index (χ1v) is 36.8. The highest BCUT2D eigenvalue weighted by Crippen LogP contribution is 2.37. The zero-order valence-corrected chi connectivity index (χ0v) is 57.6. The fourth-order valence-electron chi connectivity index (χ4n) is 13.1. The summed E-state index contributed by atoms with van der Waals surface area (Å²) >= 11 is 0. The van der Waals surface area contributed by atoms with E-state index in [1.807, 2.05) is 6.08 Å². The maximum atomic E-state index is 13.6. The first kappa shape index (κ1) is 84.3. The number of nitrogens with one attached hydrogen (secondary N) is 2. The quantitative estimate of drug-likeness (QED) is 0.0248. The molecule has 94 heavy (non-hydrogen) atoms. The Labute approximate surface area is 561 Å². The molecule has 4 rings (SSSR count). The van der Waals surface area contributed by atoms with Crippen LogP contribution in [0.15, 0.2) is 12.2 Å². The number of carbonyl (C=O) groups excluding carboxylic acids is 2. The molecule has 0 aromatic rings. The number of unbranched alkanes of at least 4 members (excludes halogenated alkanes) is 33. The molecule has 552 valence electrons. The topological polar surface area (TPSA) is 375 Å². The summed E-state index contributed by atoms with van der Waals surface area (Å²) in [6.07, 6.45) is 11.6. The first-order chi connectivity index (χ1) is 45.4. The molecule has 0 saturated carbocycles. The third-order valence-electron chi connectivity index (χ3n) is 19.1. The number of amides is 2. The molecule has 4 fully saturated rings. The second kappa shape index (κ2) is 49.4. The normalized spacial score (nSPS) is 32.2. The average molecular weight is 1350 g/mol. The van der Waals surface area contributed by atoms with Crippen LogP contribution < -0.4 is 10.6 Å². The number of rotatable bonds is 52. The van der Waals surface area contributed by atoms with Crippen molar-refractivity contribution in [2.75, 3.05) is 26.4 Å². The Morgan fingerprint density at radius 3 is 1.33 bits per heavy atom. The van der Waals surface area contributed by atoms with Gasteiger partial charge in [-0.2, -0.15) is 0 Å². The largest absolute Gasteiger partial charge is 0.394 e. The monoisotopic (exact) mass is 1350 g/mol. The number of carbonyl (C=O) groups is 2.